The predicted octanol–water partition coefficient (Wildman–Crippen LogP) is 2.51. The monoisotopic (exact) mass is 409 g/mol. The first kappa shape index (κ1) is 22.1. The zero-order valence-corrected chi connectivity index (χ0v) is 16.1. The van der Waals surface area contributed by atoms with E-state index in [1.807, 2.05) is 0 Å². The van der Waals surface area contributed by atoms with Crippen molar-refractivity contribution in [1.82, 2.24) is 0 Å². The van der Waals surface area contributed by atoms with Crippen molar-refractivity contribution in [3.63, 3.8) is 0 Å². The summed E-state index contributed by atoms with van der Waals surface area (Å²) in [6.07, 6.45) is -0.280. The van der Waals surface area contributed by atoms with Gasteiger partial charge >= 0.3 is 11.9 Å². The van der Waals surface area contributed by atoms with Gasteiger partial charge in [0.15, 0.2) is 6.61 Å². The number of para-hydroxylation sites is 1. The Morgan fingerprint density at radius 3 is 2.27 bits per heavy atom. The predicted molar refractivity (Wildman–Crippen MR) is 107 cm³/mol. The number of nitrogens with zero attached hydrogens (tertiary/aromatic N) is 1. The topological polar surface area (TPSA) is 135 Å². The van der Waals surface area contributed by atoms with Crippen LogP contribution in [0.25, 0.3) is 0 Å². The van der Waals surface area contributed by atoms with Gasteiger partial charge < -0.3 is 20.1 Å². The van der Waals surface area contributed by atoms with Gasteiger partial charge in [-0.25, -0.2) is 9.59 Å². The molecule has 0 aliphatic carbocycles. The Morgan fingerprint density at radius 1 is 0.900 bits per heavy atom. The normalized spacial score (nSPS) is 9.73. The molecule has 0 heterocycles. The van der Waals surface area contributed by atoms with Crippen molar-refractivity contribution in [1.29, 1.82) is 5.26 Å². The van der Waals surface area contributed by atoms with Crippen LogP contribution in [0.3, 0.4) is 0 Å². The Morgan fingerprint density at radius 2 is 1.60 bits per heavy atom. The molecule has 0 fully saturated rings. The van der Waals surface area contributed by atoms with Crippen molar-refractivity contribution < 1.29 is 28.7 Å². The summed E-state index contributed by atoms with van der Waals surface area (Å²) in [5.41, 5.74) is 1.02. The molecule has 154 valence electrons. The van der Waals surface area contributed by atoms with Crippen molar-refractivity contribution in [2.24, 2.45) is 0 Å². The molecule has 2 N–H and O–H groups in total. The molecule has 2 rings (SSSR count). The second-order valence-corrected chi connectivity index (χ2v) is 5.85. The van der Waals surface area contributed by atoms with Gasteiger partial charge in [-0.15, -0.1) is 0 Å². The second-order valence-electron chi connectivity index (χ2n) is 5.85. The number of rotatable bonds is 8. The maximum absolute atomic E-state index is 12.1. The number of benzene rings is 2. The van der Waals surface area contributed by atoms with E-state index in [9.17, 15) is 19.2 Å². The van der Waals surface area contributed by atoms with Crippen molar-refractivity contribution in [2.45, 2.75) is 13.3 Å². The van der Waals surface area contributed by atoms with Gasteiger partial charge in [0.2, 0.25) is 5.91 Å². The molecule has 0 atom stereocenters. The van der Waals surface area contributed by atoms with Crippen LogP contribution in [0.2, 0.25) is 0 Å². The third-order valence-corrected chi connectivity index (χ3v) is 3.67. The molecule has 0 unspecified atom stereocenters. The smallest absolute Gasteiger partial charge is 0.340 e. The number of anilines is 2. The van der Waals surface area contributed by atoms with Gasteiger partial charge in [0, 0.05) is 5.69 Å². The average molecular weight is 409 g/mol. The quantitative estimate of drug-likeness (QED) is 0.640. The van der Waals surface area contributed by atoms with Gasteiger partial charge in [0.1, 0.15) is 6.42 Å². The number of hydrogen-bond donors (Lipinski definition) is 2. The summed E-state index contributed by atoms with van der Waals surface area (Å²) in [7, 11) is 0. The zero-order valence-electron chi connectivity index (χ0n) is 16.1. The van der Waals surface area contributed by atoms with E-state index >= 15 is 0 Å². The summed E-state index contributed by atoms with van der Waals surface area (Å²) >= 11 is 0. The first-order valence-corrected chi connectivity index (χ1v) is 8.94. The summed E-state index contributed by atoms with van der Waals surface area (Å²) in [6, 6.07) is 13.8. The second kappa shape index (κ2) is 11.0. The summed E-state index contributed by atoms with van der Waals surface area (Å²) in [5, 5.41) is 13.5. The summed E-state index contributed by atoms with van der Waals surface area (Å²) in [4.78, 5) is 47.5. The Balaban J connectivity index is 1.91. The maximum atomic E-state index is 12.1. The van der Waals surface area contributed by atoms with Crippen molar-refractivity contribution >= 4 is 35.1 Å². The Bertz CT molecular complexity index is 979. The number of amides is 2. The van der Waals surface area contributed by atoms with Gasteiger partial charge in [-0.1, -0.05) is 12.1 Å². The Kier molecular flexibility index (Phi) is 8.08. The number of esters is 2. The van der Waals surface area contributed by atoms with E-state index in [1.165, 1.54) is 36.4 Å². The molecule has 0 bridgehead atoms. The van der Waals surface area contributed by atoms with Crippen LogP contribution in [-0.4, -0.2) is 37.0 Å². The van der Waals surface area contributed by atoms with E-state index < -0.39 is 30.4 Å². The van der Waals surface area contributed by atoms with E-state index in [0.717, 1.165) is 0 Å². The fourth-order valence-corrected chi connectivity index (χ4v) is 2.35. The lowest BCUT2D eigenvalue weighted by Gasteiger charge is -2.11. The molecule has 0 radical (unpaired) electrons. The van der Waals surface area contributed by atoms with Gasteiger partial charge in [0.05, 0.1) is 29.5 Å². The lowest BCUT2D eigenvalue weighted by atomic mass is 10.2. The van der Waals surface area contributed by atoms with Crippen LogP contribution in [-0.2, 0) is 19.1 Å². The summed E-state index contributed by atoms with van der Waals surface area (Å²) in [6.45, 7) is 1.31. The number of carbonyl (C=O) groups excluding carboxylic acids is 4. The molecule has 2 aromatic carbocycles. The van der Waals surface area contributed by atoms with Crippen LogP contribution < -0.4 is 10.6 Å². The molecule has 9 heteroatoms. The largest absolute Gasteiger partial charge is 0.462 e. The molecule has 0 aliphatic rings. The van der Waals surface area contributed by atoms with E-state index in [2.05, 4.69) is 10.6 Å². The molecule has 0 saturated heterocycles. The van der Waals surface area contributed by atoms with Gasteiger partial charge in [-0.05, 0) is 43.3 Å². The first-order valence-electron chi connectivity index (χ1n) is 8.94. The summed E-state index contributed by atoms with van der Waals surface area (Å²) in [5.74, 6) is -2.40. The maximum Gasteiger partial charge on any atom is 0.340 e. The van der Waals surface area contributed by atoms with Crippen LogP contribution in [0.5, 0.6) is 0 Å². The molecule has 30 heavy (non-hydrogen) atoms. The highest BCUT2D eigenvalue weighted by atomic mass is 16.5. The fraction of sp³-hybridized carbons (Fsp3) is 0.190. The van der Waals surface area contributed by atoms with Crippen molar-refractivity contribution in [2.75, 3.05) is 23.8 Å². The molecule has 0 aliphatic heterocycles. The lowest BCUT2D eigenvalue weighted by Crippen LogP contribution is -2.22. The summed E-state index contributed by atoms with van der Waals surface area (Å²) < 4.78 is 9.91. The van der Waals surface area contributed by atoms with Crippen LogP contribution in [0.15, 0.2) is 48.5 Å². The number of nitriles is 1. The number of carbonyl (C=O) groups is 4. The molecule has 0 aromatic heterocycles. The van der Waals surface area contributed by atoms with E-state index in [-0.39, 0.29) is 29.8 Å². The highest BCUT2D eigenvalue weighted by Crippen LogP contribution is 2.16. The molecule has 9 nitrogen and oxygen atoms in total. The lowest BCUT2D eigenvalue weighted by molar-refractivity contribution is -0.119. The number of hydrogen-bond acceptors (Lipinski definition) is 7. The van der Waals surface area contributed by atoms with Gasteiger partial charge in [-0.3, -0.25) is 9.59 Å². The van der Waals surface area contributed by atoms with Crippen LogP contribution >= 0.6 is 0 Å². The molecular weight excluding hydrogens is 390 g/mol. The number of nitrogens with one attached hydrogen (secondary N) is 2. The highest BCUT2D eigenvalue weighted by Gasteiger charge is 2.15. The van der Waals surface area contributed by atoms with Crippen molar-refractivity contribution in [3.05, 3.63) is 59.7 Å². The third kappa shape index (κ3) is 6.45. The van der Waals surface area contributed by atoms with Crippen LogP contribution in [0.4, 0.5) is 11.4 Å². The van der Waals surface area contributed by atoms with Crippen LogP contribution in [0, 0.1) is 11.3 Å². The number of ether oxygens (including phenoxy) is 2. The molecular formula is C21H19N3O6. The standard InChI is InChI=1S/C21H19N3O6/c1-2-29-21(28)16-5-3-4-6-17(16)24-19(26)13-30-20(27)14-7-9-15(10-8-14)23-18(25)11-12-22/h3-10H,2,11,13H2,1H3,(H,23,25)(H,24,26). The first-order chi connectivity index (χ1) is 14.4. The van der Waals surface area contributed by atoms with Gasteiger partial charge in [0.25, 0.3) is 5.91 Å². The van der Waals surface area contributed by atoms with E-state index in [0.29, 0.717) is 5.69 Å². The van der Waals surface area contributed by atoms with Crippen molar-refractivity contribution in [3.8, 4) is 6.07 Å². The minimum atomic E-state index is -0.737. The van der Waals surface area contributed by atoms with Crippen LogP contribution in [0.1, 0.15) is 34.1 Å². The minimum Gasteiger partial charge on any atom is -0.462 e. The fourth-order valence-electron chi connectivity index (χ4n) is 2.35. The molecule has 2 amide bonds. The van der Waals surface area contributed by atoms with E-state index in [4.69, 9.17) is 14.7 Å². The third-order valence-electron chi connectivity index (χ3n) is 3.67. The Hall–Kier alpha value is -4.19. The molecule has 0 spiro atoms. The van der Waals surface area contributed by atoms with E-state index in [1.54, 1.807) is 25.1 Å². The Labute approximate surface area is 172 Å². The molecule has 0 saturated carbocycles. The van der Waals surface area contributed by atoms with Gasteiger partial charge in [-0.2, -0.15) is 5.26 Å². The SMILES string of the molecule is CCOC(=O)c1ccccc1NC(=O)COC(=O)c1ccc(NC(=O)CC#N)cc1. The highest BCUT2D eigenvalue weighted by molar-refractivity contribution is 6.02. The molecule has 2 aromatic rings. The zero-order chi connectivity index (χ0) is 21.9. The minimum absolute atomic E-state index is 0.174. The average Bonchev–Trinajstić information content (AvgIpc) is 2.73.